The highest BCUT2D eigenvalue weighted by Crippen LogP contribution is 2.15. The normalized spacial score (nSPS) is 10.9. The minimum absolute atomic E-state index is 0.0608. The van der Waals surface area contributed by atoms with Crippen LogP contribution in [0.25, 0.3) is 0 Å². The van der Waals surface area contributed by atoms with Gasteiger partial charge in [-0.25, -0.2) is 8.78 Å². The minimum Gasteiger partial charge on any atom is -0.395 e. The molecule has 1 heterocycles. The second kappa shape index (κ2) is 3.04. The lowest BCUT2D eigenvalue weighted by Gasteiger charge is -1.96. The first-order valence-corrected chi connectivity index (χ1v) is 3.24. The quantitative estimate of drug-likeness (QED) is 0.749. The molecule has 0 spiro atoms. The third kappa shape index (κ3) is 2.04. The fourth-order valence-corrected chi connectivity index (χ4v) is 0.794. The van der Waals surface area contributed by atoms with E-state index in [0.717, 1.165) is 4.68 Å². The van der Waals surface area contributed by atoms with E-state index in [1.165, 1.54) is 6.20 Å². The number of hydrogen-bond acceptors (Lipinski definition) is 2. The van der Waals surface area contributed by atoms with Gasteiger partial charge in [-0.1, -0.05) is 11.6 Å². The Balaban J connectivity index is 2.73. The Morgan fingerprint density at radius 2 is 2.36 bits per heavy atom. The Kier molecular flexibility index (Phi) is 2.28. The SMILES string of the molecule is Nc1cn(CC(F)F)nc1Cl. The number of alkyl halides is 2. The summed E-state index contributed by atoms with van der Waals surface area (Å²) in [6.45, 7) is -0.475. The minimum atomic E-state index is -2.44. The van der Waals surface area contributed by atoms with Crippen LogP contribution in [-0.2, 0) is 6.54 Å². The Morgan fingerprint density at radius 3 is 2.73 bits per heavy atom. The zero-order valence-electron chi connectivity index (χ0n) is 5.47. The van der Waals surface area contributed by atoms with E-state index in [0.29, 0.717) is 0 Å². The van der Waals surface area contributed by atoms with Crippen molar-refractivity contribution < 1.29 is 8.78 Å². The molecular weight excluding hydrogens is 176 g/mol. The average molecular weight is 182 g/mol. The molecule has 6 heteroatoms. The van der Waals surface area contributed by atoms with Crippen LogP contribution in [0.3, 0.4) is 0 Å². The van der Waals surface area contributed by atoms with Crippen molar-refractivity contribution in [2.75, 3.05) is 5.73 Å². The van der Waals surface area contributed by atoms with Crippen molar-refractivity contribution in [1.29, 1.82) is 0 Å². The van der Waals surface area contributed by atoms with Crippen molar-refractivity contribution in [2.24, 2.45) is 0 Å². The molecule has 0 radical (unpaired) electrons. The summed E-state index contributed by atoms with van der Waals surface area (Å²) in [7, 11) is 0. The summed E-state index contributed by atoms with van der Waals surface area (Å²) in [5.41, 5.74) is 5.47. The van der Waals surface area contributed by atoms with Crippen LogP contribution in [0.5, 0.6) is 0 Å². The molecule has 0 fully saturated rings. The van der Waals surface area contributed by atoms with E-state index in [1.54, 1.807) is 0 Å². The summed E-state index contributed by atoms with van der Waals surface area (Å²) in [4.78, 5) is 0. The number of nitrogens with zero attached hydrogens (tertiary/aromatic N) is 2. The molecule has 0 amide bonds. The van der Waals surface area contributed by atoms with E-state index in [4.69, 9.17) is 17.3 Å². The Bertz CT molecular complexity index is 228. The summed E-state index contributed by atoms with van der Waals surface area (Å²) in [5, 5.41) is 3.59. The number of rotatable bonds is 2. The molecule has 11 heavy (non-hydrogen) atoms. The van der Waals surface area contributed by atoms with Gasteiger partial charge in [-0.3, -0.25) is 4.68 Å². The number of hydrogen-bond donors (Lipinski definition) is 1. The van der Waals surface area contributed by atoms with Gasteiger partial charge in [-0.05, 0) is 0 Å². The van der Waals surface area contributed by atoms with Gasteiger partial charge < -0.3 is 5.73 Å². The summed E-state index contributed by atoms with van der Waals surface area (Å²) in [5.74, 6) is 0. The summed E-state index contributed by atoms with van der Waals surface area (Å²) in [6.07, 6.45) is -1.17. The van der Waals surface area contributed by atoms with E-state index in [2.05, 4.69) is 5.10 Å². The molecule has 0 unspecified atom stereocenters. The van der Waals surface area contributed by atoms with Crippen LogP contribution >= 0.6 is 11.6 Å². The lowest BCUT2D eigenvalue weighted by atomic mass is 10.6. The Hall–Kier alpha value is -0.840. The maximum Gasteiger partial charge on any atom is 0.257 e. The van der Waals surface area contributed by atoms with Crippen molar-refractivity contribution >= 4 is 17.3 Å². The molecule has 0 saturated heterocycles. The highest BCUT2D eigenvalue weighted by atomic mass is 35.5. The largest absolute Gasteiger partial charge is 0.395 e. The molecule has 62 valence electrons. The van der Waals surface area contributed by atoms with E-state index < -0.39 is 13.0 Å². The van der Waals surface area contributed by atoms with Crippen LogP contribution in [-0.4, -0.2) is 16.2 Å². The van der Waals surface area contributed by atoms with Gasteiger partial charge in [0.25, 0.3) is 6.43 Å². The van der Waals surface area contributed by atoms with Gasteiger partial charge in [0, 0.05) is 6.20 Å². The summed E-state index contributed by atoms with van der Waals surface area (Å²) >= 11 is 5.41. The van der Waals surface area contributed by atoms with Gasteiger partial charge >= 0.3 is 0 Å². The fourth-order valence-electron chi connectivity index (χ4n) is 0.648. The van der Waals surface area contributed by atoms with Gasteiger partial charge in [-0.2, -0.15) is 5.10 Å². The summed E-state index contributed by atoms with van der Waals surface area (Å²) < 4.78 is 24.4. The zero-order chi connectivity index (χ0) is 8.43. The van der Waals surface area contributed by atoms with Crippen LogP contribution in [0.1, 0.15) is 0 Å². The van der Waals surface area contributed by atoms with Gasteiger partial charge in [0.2, 0.25) is 0 Å². The fraction of sp³-hybridized carbons (Fsp3) is 0.400. The Labute approximate surface area is 66.7 Å². The molecule has 0 aliphatic rings. The molecule has 0 atom stereocenters. The molecule has 2 N–H and O–H groups in total. The lowest BCUT2D eigenvalue weighted by molar-refractivity contribution is 0.122. The Morgan fingerprint density at radius 1 is 1.73 bits per heavy atom. The topological polar surface area (TPSA) is 43.8 Å². The number of nitrogen functional groups attached to an aromatic ring is 1. The van der Waals surface area contributed by atoms with Crippen LogP contribution in [0.4, 0.5) is 14.5 Å². The standard InChI is InChI=1S/C5H6ClF2N3/c6-5-3(9)1-11(10-5)2-4(7)8/h1,4H,2,9H2. The molecule has 1 rings (SSSR count). The maximum atomic E-state index is 11.7. The second-order valence-electron chi connectivity index (χ2n) is 1.99. The van der Waals surface area contributed by atoms with Crippen molar-refractivity contribution in [1.82, 2.24) is 9.78 Å². The van der Waals surface area contributed by atoms with Gasteiger partial charge in [0.05, 0.1) is 5.69 Å². The van der Waals surface area contributed by atoms with Crippen molar-refractivity contribution in [3.63, 3.8) is 0 Å². The van der Waals surface area contributed by atoms with E-state index in [9.17, 15) is 8.78 Å². The van der Waals surface area contributed by atoms with Crippen molar-refractivity contribution in [3.05, 3.63) is 11.3 Å². The van der Waals surface area contributed by atoms with Crippen LogP contribution < -0.4 is 5.73 Å². The van der Waals surface area contributed by atoms with Crippen molar-refractivity contribution in [2.45, 2.75) is 13.0 Å². The molecule has 0 aliphatic heterocycles. The third-order valence-corrected chi connectivity index (χ3v) is 1.36. The number of anilines is 1. The van der Waals surface area contributed by atoms with E-state index in [1.807, 2.05) is 0 Å². The first-order chi connectivity index (χ1) is 5.09. The number of halogens is 3. The van der Waals surface area contributed by atoms with Gasteiger partial charge in [-0.15, -0.1) is 0 Å². The smallest absolute Gasteiger partial charge is 0.257 e. The van der Waals surface area contributed by atoms with Crippen molar-refractivity contribution in [3.8, 4) is 0 Å². The van der Waals surface area contributed by atoms with Gasteiger partial charge in [0.1, 0.15) is 6.54 Å². The molecule has 3 nitrogen and oxygen atoms in total. The first-order valence-electron chi connectivity index (χ1n) is 2.86. The zero-order valence-corrected chi connectivity index (χ0v) is 6.22. The molecule has 1 aromatic rings. The predicted octanol–water partition coefficient (Wildman–Crippen LogP) is 1.38. The molecule has 0 bridgehead atoms. The monoisotopic (exact) mass is 181 g/mol. The molecule has 0 aliphatic carbocycles. The van der Waals surface area contributed by atoms with E-state index >= 15 is 0 Å². The molecule has 0 aromatic carbocycles. The van der Waals surface area contributed by atoms with Gasteiger partial charge in [0.15, 0.2) is 5.15 Å². The molecular formula is C5H6ClF2N3. The lowest BCUT2D eigenvalue weighted by Crippen LogP contribution is -2.06. The van der Waals surface area contributed by atoms with Crippen LogP contribution in [0, 0.1) is 0 Å². The van der Waals surface area contributed by atoms with E-state index in [-0.39, 0.29) is 10.8 Å². The summed E-state index contributed by atoms with van der Waals surface area (Å²) in [6, 6.07) is 0. The highest BCUT2D eigenvalue weighted by molar-refractivity contribution is 6.31. The molecule has 1 aromatic heterocycles. The number of aromatic nitrogens is 2. The second-order valence-corrected chi connectivity index (χ2v) is 2.35. The highest BCUT2D eigenvalue weighted by Gasteiger charge is 2.07. The van der Waals surface area contributed by atoms with Crippen LogP contribution in [0.15, 0.2) is 6.20 Å². The third-order valence-electron chi connectivity index (χ3n) is 1.07. The predicted molar refractivity (Wildman–Crippen MR) is 37.7 cm³/mol. The maximum absolute atomic E-state index is 11.7. The average Bonchev–Trinajstić information content (AvgIpc) is 2.10. The van der Waals surface area contributed by atoms with Crippen LogP contribution in [0.2, 0.25) is 5.15 Å². The first kappa shape index (κ1) is 8.26. The molecule has 0 saturated carbocycles. The number of nitrogens with two attached hydrogens (primary N) is 1.